The van der Waals surface area contributed by atoms with Crippen molar-refractivity contribution in [1.82, 2.24) is 9.78 Å². The molecule has 0 amide bonds. The predicted octanol–water partition coefficient (Wildman–Crippen LogP) is 4.40. The first-order valence-corrected chi connectivity index (χ1v) is 8.21. The van der Waals surface area contributed by atoms with Crippen LogP contribution < -0.4 is 5.73 Å². The van der Waals surface area contributed by atoms with Crippen LogP contribution in [0, 0.1) is 0 Å². The molecular weight excluding hydrogens is 326 g/mol. The molecule has 3 nitrogen and oxygen atoms in total. The van der Waals surface area contributed by atoms with E-state index >= 15 is 0 Å². The minimum absolute atomic E-state index is 0.160. The van der Waals surface area contributed by atoms with Crippen molar-refractivity contribution in [2.45, 2.75) is 52.1 Å². The second-order valence-corrected chi connectivity index (χ2v) is 7.30. The van der Waals surface area contributed by atoms with Gasteiger partial charge < -0.3 is 5.73 Å². The Hall–Kier alpha value is -1.13. The number of halogens is 1. The van der Waals surface area contributed by atoms with Gasteiger partial charge in [-0.3, -0.25) is 4.68 Å². The van der Waals surface area contributed by atoms with Crippen LogP contribution in [0.4, 0.5) is 0 Å². The molecule has 21 heavy (non-hydrogen) atoms. The number of rotatable bonds is 4. The molecule has 1 atom stereocenters. The molecule has 0 bridgehead atoms. The minimum atomic E-state index is -0.164. The highest BCUT2D eigenvalue weighted by Crippen LogP contribution is 2.29. The van der Waals surface area contributed by atoms with E-state index in [2.05, 4.69) is 73.0 Å². The molecule has 0 aliphatic heterocycles. The van der Waals surface area contributed by atoms with Gasteiger partial charge >= 0.3 is 0 Å². The monoisotopic (exact) mass is 349 g/mol. The lowest BCUT2D eigenvalue weighted by molar-refractivity contribution is 0.558. The zero-order valence-electron chi connectivity index (χ0n) is 13.2. The van der Waals surface area contributed by atoms with Gasteiger partial charge in [0.15, 0.2) is 0 Å². The highest BCUT2D eigenvalue weighted by Gasteiger charge is 2.19. The SMILES string of the molecule is CCCn1ncc(Br)c1C(N)c1ccc(C(C)(C)C)cc1. The minimum Gasteiger partial charge on any atom is -0.319 e. The van der Waals surface area contributed by atoms with Gasteiger partial charge in [0, 0.05) is 6.54 Å². The Balaban J connectivity index is 2.32. The lowest BCUT2D eigenvalue weighted by atomic mass is 9.86. The Morgan fingerprint density at radius 1 is 1.24 bits per heavy atom. The van der Waals surface area contributed by atoms with Gasteiger partial charge in [0.25, 0.3) is 0 Å². The van der Waals surface area contributed by atoms with Gasteiger partial charge in [0.1, 0.15) is 0 Å². The number of benzene rings is 1. The summed E-state index contributed by atoms with van der Waals surface area (Å²) < 4.78 is 2.97. The van der Waals surface area contributed by atoms with E-state index in [-0.39, 0.29) is 11.5 Å². The van der Waals surface area contributed by atoms with Gasteiger partial charge in [-0.2, -0.15) is 5.10 Å². The second-order valence-electron chi connectivity index (χ2n) is 6.45. The van der Waals surface area contributed by atoms with E-state index in [9.17, 15) is 0 Å². The fraction of sp³-hybridized carbons (Fsp3) is 0.471. The summed E-state index contributed by atoms with van der Waals surface area (Å²) >= 11 is 3.57. The summed E-state index contributed by atoms with van der Waals surface area (Å²) in [7, 11) is 0. The van der Waals surface area contributed by atoms with Crippen LogP contribution in [0.3, 0.4) is 0 Å². The van der Waals surface area contributed by atoms with E-state index in [0.29, 0.717) is 0 Å². The number of hydrogen-bond donors (Lipinski definition) is 1. The number of nitrogens with two attached hydrogens (primary N) is 1. The number of hydrogen-bond acceptors (Lipinski definition) is 2. The standard InChI is InChI=1S/C17H24BrN3/c1-5-10-21-16(14(18)11-20-21)15(19)12-6-8-13(9-7-12)17(2,3)4/h6-9,11,15H,5,10,19H2,1-4H3. The Kier molecular flexibility index (Phi) is 4.89. The molecule has 0 radical (unpaired) electrons. The van der Waals surface area contributed by atoms with E-state index in [4.69, 9.17) is 5.73 Å². The zero-order chi connectivity index (χ0) is 15.6. The van der Waals surface area contributed by atoms with E-state index in [0.717, 1.165) is 28.7 Å². The molecule has 1 aromatic heterocycles. The molecule has 0 saturated heterocycles. The van der Waals surface area contributed by atoms with E-state index in [1.54, 1.807) is 0 Å². The fourth-order valence-corrected chi connectivity index (χ4v) is 2.96. The van der Waals surface area contributed by atoms with Crippen LogP contribution >= 0.6 is 15.9 Å². The van der Waals surface area contributed by atoms with Crippen molar-refractivity contribution < 1.29 is 0 Å². The number of aromatic nitrogens is 2. The molecule has 114 valence electrons. The van der Waals surface area contributed by atoms with Gasteiger partial charge in [0.05, 0.1) is 22.4 Å². The highest BCUT2D eigenvalue weighted by molar-refractivity contribution is 9.10. The summed E-state index contributed by atoms with van der Waals surface area (Å²) in [6.07, 6.45) is 2.87. The van der Waals surface area contributed by atoms with Gasteiger partial charge in [-0.25, -0.2) is 0 Å². The average molecular weight is 350 g/mol. The lowest BCUT2D eigenvalue weighted by Crippen LogP contribution is -2.18. The van der Waals surface area contributed by atoms with E-state index in [1.165, 1.54) is 5.56 Å². The Bertz CT molecular complexity index is 593. The second kappa shape index (κ2) is 6.32. The van der Waals surface area contributed by atoms with Gasteiger partial charge in [-0.15, -0.1) is 0 Å². The number of nitrogens with zero attached hydrogens (tertiary/aromatic N) is 2. The van der Waals surface area contributed by atoms with Crippen LogP contribution in [0.5, 0.6) is 0 Å². The van der Waals surface area contributed by atoms with Crippen molar-refractivity contribution in [2.24, 2.45) is 5.73 Å². The summed E-state index contributed by atoms with van der Waals surface area (Å²) in [5.74, 6) is 0. The van der Waals surface area contributed by atoms with Crippen molar-refractivity contribution >= 4 is 15.9 Å². The van der Waals surface area contributed by atoms with E-state index < -0.39 is 0 Å². The van der Waals surface area contributed by atoms with Crippen LogP contribution in [-0.2, 0) is 12.0 Å². The maximum atomic E-state index is 6.46. The van der Waals surface area contributed by atoms with Crippen LogP contribution in [-0.4, -0.2) is 9.78 Å². The molecule has 0 fully saturated rings. The third-order valence-corrected chi connectivity index (χ3v) is 4.31. The molecule has 2 rings (SSSR count). The molecule has 0 spiro atoms. The molecule has 2 aromatic rings. The van der Waals surface area contributed by atoms with Crippen molar-refractivity contribution in [3.05, 3.63) is 51.8 Å². The quantitative estimate of drug-likeness (QED) is 0.888. The summed E-state index contributed by atoms with van der Waals surface area (Å²) in [5.41, 5.74) is 10.1. The molecule has 0 saturated carbocycles. The normalized spacial score (nSPS) is 13.4. The van der Waals surface area contributed by atoms with E-state index in [1.807, 2.05) is 10.9 Å². The summed E-state index contributed by atoms with van der Waals surface area (Å²) in [5, 5.41) is 4.40. The van der Waals surface area contributed by atoms with Crippen molar-refractivity contribution in [3.8, 4) is 0 Å². The van der Waals surface area contributed by atoms with Crippen molar-refractivity contribution in [2.75, 3.05) is 0 Å². The van der Waals surface area contributed by atoms with Crippen LogP contribution in [0.15, 0.2) is 34.9 Å². The molecule has 1 unspecified atom stereocenters. The van der Waals surface area contributed by atoms with Crippen molar-refractivity contribution in [1.29, 1.82) is 0 Å². The summed E-state index contributed by atoms with van der Waals surface area (Å²) in [6, 6.07) is 8.43. The molecule has 1 heterocycles. The Labute approximate surface area is 135 Å². The predicted molar refractivity (Wildman–Crippen MR) is 91.4 cm³/mol. The topological polar surface area (TPSA) is 43.8 Å². The zero-order valence-corrected chi connectivity index (χ0v) is 14.8. The molecule has 4 heteroatoms. The van der Waals surface area contributed by atoms with Gasteiger partial charge in [0.2, 0.25) is 0 Å². The summed E-state index contributed by atoms with van der Waals surface area (Å²) in [4.78, 5) is 0. The smallest absolute Gasteiger partial charge is 0.0738 e. The van der Waals surface area contributed by atoms with Gasteiger partial charge in [-0.05, 0) is 38.9 Å². The van der Waals surface area contributed by atoms with Crippen LogP contribution in [0.1, 0.15) is 57.0 Å². The summed E-state index contributed by atoms with van der Waals surface area (Å²) in [6.45, 7) is 9.68. The molecule has 0 aliphatic rings. The molecular formula is C17H24BrN3. The third-order valence-electron chi connectivity index (χ3n) is 3.70. The Morgan fingerprint density at radius 2 is 1.86 bits per heavy atom. The first-order chi connectivity index (χ1) is 9.84. The van der Waals surface area contributed by atoms with Crippen molar-refractivity contribution in [3.63, 3.8) is 0 Å². The molecule has 0 aliphatic carbocycles. The molecule has 1 aromatic carbocycles. The van der Waals surface area contributed by atoms with Crippen LogP contribution in [0.2, 0.25) is 0 Å². The third kappa shape index (κ3) is 3.55. The lowest BCUT2D eigenvalue weighted by Gasteiger charge is -2.21. The first-order valence-electron chi connectivity index (χ1n) is 7.41. The molecule has 2 N–H and O–H groups in total. The van der Waals surface area contributed by atoms with Gasteiger partial charge in [-0.1, -0.05) is 52.0 Å². The fourth-order valence-electron chi connectivity index (χ4n) is 2.42. The Morgan fingerprint density at radius 3 is 2.38 bits per heavy atom. The average Bonchev–Trinajstić information content (AvgIpc) is 2.79. The highest BCUT2D eigenvalue weighted by atomic mass is 79.9. The first kappa shape index (κ1) is 16.2. The maximum absolute atomic E-state index is 6.46. The largest absolute Gasteiger partial charge is 0.319 e. The van der Waals surface area contributed by atoms with Crippen LogP contribution in [0.25, 0.3) is 0 Å². The maximum Gasteiger partial charge on any atom is 0.0738 e. The number of aryl methyl sites for hydroxylation is 1.